The molecule has 1 aliphatic rings. The number of allylic oxidation sites excluding steroid dienone is 5. The van der Waals surface area contributed by atoms with Crippen molar-refractivity contribution in [2.24, 2.45) is 4.99 Å². The molecule has 2 aromatic rings. The first-order valence-corrected chi connectivity index (χ1v) is 11.5. The normalized spacial score (nSPS) is 20.3. The molecule has 0 saturated carbocycles. The van der Waals surface area contributed by atoms with E-state index in [0.717, 1.165) is 22.8 Å². The van der Waals surface area contributed by atoms with Crippen LogP contribution in [-0.2, 0) is 0 Å². The number of hydrogen-bond donors (Lipinski definition) is 3. The van der Waals surface area contributed by atoms with Crippen molar-refractivity contribution in [3.8, 4) is 16.9 Å². The van der Waals surface area contributed by atoms with Crippen molar-refractivity contribution in [1.82, 2.24) is 5.32 Å². The van der Waals surface area contributed by atoms with Gasteiger partial charge < -0.3 is 10.1 Å². The summed E-state index contributed by atoms with van der Waals surface area (Å²) in [5, 5.41) is 14.7. The van der Waals surface area contributed by atoms with Gasteiger partial charge in [0.25, 0.3) is 0 Å². The van der Waals surface area contributed by atoms with Crippen LogP contribution in [-0.4, -0.2) is 29.0 Å². The van der Waals surface area contributed by atoms with Gasteiger partial charge in [0.15, 0.2) is 0 Å². The highest BCUT2D eigenvalue weighted by Crippen LogP contribution is 2.25. The molecule has 0 atom stereocenters. The van der Waals surface area contributed by atoms with E-state index in [1.54, 1.807) is 12.1 Å². The van der Waals surface area contributed by atoms with Gasteiger partial charge in [-0.2, -0.15) is 13.2 Å². The van der Waals surface area contributed by atoms with Crippen LogP contribution in [0, 0.1) is 6.92 Å². The lowest BCUT2D eigenvalue weighted by atomic mass is 10.0. The zero-order chi connectivity index (χ0) is 27.1. The topological polar surface area (TPSA) is 74.1 Å². The SMILES string of the molecule is CC.Cc1cccc(-c2ccc(OC/C3=C/C(C(F)(F)F)=N\C(Cl)=C/C=C\C(Cl)=C\N3)cc2)c1.OO. The Balaban J connectivity index is 0.00000154. The molecule has 0 spiro atoms. The van der Waals surface area contributed by atoms with E-state index in [9.17, 15) is 13.2 Å². The van der Waals surface area contributed by atoms with Crippen molar-refractivity contribution >= 4 is 28.9 Å². The number of benzene rings is 2. The van der Waals surface area contributed by atoms with Gasteiger partial charge in [0.2, 0.25) is 0 Å². The Kier molecular flexibility index (Phi) is 13.6. The van der Waals surface area contributed by atoms with Gasteiger partial charge in [-0.1, -0.05) is 85.1 Å². The molecule has 0 saturated heterocycles. The third kappa shape index (κ3) is 10.7. The second kappa shape index (κ2) is 15.9. The van der Waals surface area contributed by atoms with Gasteiger partial charge >= 0.3 is 6.18 Å². The number of rotatable bonds is 4. The predicted octanol–water partition coefficient (Wildman–Crippen LogP) is 8.29. The fourth-order valence-electron chi connectivity index (χ4n) is 2.78. The standard InChI is InChI=1S/C24H19Cl2F3N2O.C2H6.H2O2/c1-16-4-2-5-18(12-16)17-8-10-21(11-9-17)32-15-20-13-22(24(27,28)29)31-23(26)7-3-6-19(25)14-30-20;2*1-2/h2-14,30H,15H2,1H3;1-2H3;1-2H/b6-3-,19-14-,20-13-,23-7-,31-22+;;. The fraction of sp³-hybridized carbons (Fsp3) is 0.192. The van der Waals surface area contributed by atoms with Gasteiger partial charge in [0.05, 0.1) is 10.7 Å². The van der Waals surface area contributed by atoms with Crippen molar-refractivity contribution in [2.45, 2.75) is 26.9 Å². The number of nitrogens with one attached hydrogen (secondary N) is 1. The second-order valence-corrected chi connectivity index (χ2v) is 7.69. The van der Waals surface area contributed by atoms with E-state index in [4.69, 9.17) is 38.5 Å². The molecule has 0 aromatic heterocycles. The van der Waals surface area contributed by atoms with Crippen LogP contribution in [0.2, 0.25) is 0 Å². The lowest BCUT2D eigenvalue weighted by molar-refractivity contribution is -0.176. The van der Waals surface area contributed by atoms with Crippen LogP contribution >= 0.6 is 23.2 Å². The molecular weight excluding hydrogens is 516 g/mol. The molecular formula is C26H27Cl2F3N2O3. The Morgan fingerprint density at radius 1 is 1.00 bits per heavy atom. The van der Waals surface area contributed by atoms with Crippen LogP contribution in [0.4, 0.5) is 13.2 Å². The van der Waals surface area contributed by atoms with Crippen LogP contribution in [0.3, 0.4) is 0 Å². The number of nitrogens with zero attached hydrogens (tertiary/aromatic N) is 1. The van der Waals surface area contributed by atoms with Gasteiger partial charge in [-0.25, -0.2) is 4.99 Å². The third-order valence-corrected chi connectivity index (χ3v) is 4.76. The van der Waals surface area contributed by atoms with Gasteiger partial charge in [-0.3, -0.25) is 10.5 Å². The average Bonchev–Trinajstić information content (AvgIpc) is 2.90. The van der Waals surface area contributed by atoms with Gasteiger partial charge in [-0.15, -0.1) is 0 Å². The number of ether oxygens (including phenoxy) is 1. The maximum atomic E-state index is 13.4. The maximum absolute atomic E-state index is 13.4. The molecule has 10 heteroatoms. The Hall–Kier alpha value is -3.04. The number of aliphatic imine (C=N–C) groups is 1. The summed E-state index contributed by atoms with van der Waals surface area (Å²) in [4.78, 5) is 3.46. The molecule has 2 aromatic carbocycles. The fourth-order valence-corrected chi connectivity index (χ4v) is 3.07. The Labute approximate surface area is 218 Å². The van der Waals surface area contributed by atoms with E-state index in [-0.39, 0.29) is 22.5 Å². The van der Waals surface area contributed by atoms with E-state index in [1.165, 1.54) is 24.4 Å². The number of alkyl halides is 3. The number of aryl methyl sites for hydroxylation is 1. The molecule has 0 amide bonds. The lowest BCUT2D eigenvalue weighted by Crippen LogP contribution is -2.24. The van der Waals surface area contributed by atoms with Crippen molar-refractivity contribution in [3.05, 3.63) is 100 Å². The summed E-state index contributed by atoms with van der Waals surface area (Å²) in [5.74, 6) is 0.497. The van der Waals surface area contributed by atoms with Gasteiger partial charge in [0.1, 0.15) is 23.2 Å². The largest absolute Gasteiger partial charge is 0.487 e. The zero-order valence-electron chi connectivity index (χ0n) is 19.9. The quantitative estimate of drug-likeness (QED) is 0.206. The monoisotopic (exact) mass is 542 g/mol. The first kappa shape index (κ1) is 31.0. The average molecular weight is 543 g/mol. The van der Waals surface area contributed by atoms with Crippen molar-refractivity contribution in [1.29, 1.82) is 0 Å². The van der Waals surface area contributed by atoms with E-state index in [0.29, 0.717) is 5.75 Å². The summed E-state index contributed by atoms with van der Waals surface area (Å²) >= 11 is 11.8. The molecule has 0 unspecified atom stereocenters. The lowest BCUT2D eigenvalue weighted by Gasteiger charge is -2.13. The smallest absolute Gasteiger partial charge is 0.433 e. The molecule has 5 nitrogen and oxygen atoms in total. The summed E-state index contributed by atoms with van der Waals surface area (Å²) in [6, 6.07) is 15.3. The predicted molar refractivity (Wildman–Crippen MR) is 140 cm³/mol. The highest BCUT2D eigenvalue weighted by Gasteiger charge is 2.34. The van der Waals surface area contributed by atoms with Crippen LogP contribution in [0.1, 0.15) is 19.4 Å². The highest BCUT2D eigenvalue weighted by atomic mass is 35.5. The zero-order valence-corrected chi connectivity index (χ0v) is 21.4. The molecule has 194 valence electrons. The summed E-state index contributed by atoms with van der Waals surface area (Å²) in [7, 11) is 0. The van der Waals surface area contributed by atoms with E-state index >= 15 is 0 Å². The Morgan fingerprint density at radius 3 is 2.28 bits per heavy atom. The molecule has 1 heterocycles. The Morgan fingerprint density at radius 2 is 1.67 bits per heavy atom. The van der Waals surface area contributed by atoms with Gasteiger partial charge in [0, 0.05) is 6.20 Å². The number of halogens is 5. The molecule has 36 heavy (non-hydrogen) atoms. The molecule has 3 rings (SSSR count). The van der Waals surface area contributed by atoms with E-state index in [2.05, 4.69) is 16.4 Å². The van der Waals surface area contributed by atoms with Crippen molar-refractivity contribution in [2.75, 3.05) is 6.61 Å². The molecule has 0 fully saturated rings. The molecule has 3 N–H and O–H groups in total. The van der Waals surface area contributed by atoms with Crippen LogP contribution in [0.15, 0.2) is 99.9 Å². The summed E-state index contributed by atoms with van der Waals surface area (Å²) in [6.45, 7) is 5.84. The third-order valence-electron chi connectivity index (χ3n) is 4.31. The van der Waals surface area contributed by atoms with Crippen LogP contribution in [0.5, 0.6) is 5.75 Å². The maximum Gasteiger partial charge on any atom is 0.433 e. The first-order chi connectivity index (χ1) is 17.2. The van der Waals surface area contributed by atoms with Crippen LogP contribution < -0.4 is 10.1 Å². The van der Waals surface area contributed by atoms with Crippen molar-refractivity contribution < 1.29 is 28.4 Å². The molecule has 0 bridgehead atoms. The Bertz CT molecular complexity index is 1120. The van der Waals surface area contributed by atoms with E-state index in [1.807, 2.05) is 51.1 Å². The summed E-state index contributed by atoms with van der Waals surface area (Å²) < 4.78 is 46.0. The van der Waals surface area contributed by atoms with Gasteiger partial charge in [-0.05, 0) is 48.4 Å². The first-order valence-electron chi connectivity index (χ1n) is 10.7. The minimum atomic E-state index is -4.71. The minimum absolute atomic E-state index is 0.0988. The van der Waals surface area contributed by atoms with Crippen molar-refractivity contribution in [3.63, 3.8) is 0 Å². The summed E-state index contributed by atoms with van der Waals surface area (Å²) in [6.07, 6.45) is 1.57. The molecule has 0 radical (unpaired) electrons. The summed E-state index contributed by atoms with van der Waals surface area (Å²) in [5.41, 5.74) is 2.14. The highest BCUT2D eigenvalue weighted by molar-refractivity contribution is 6.31. The minimum Gasteiger partial charge on any atom is -0.487 e. The second-order valence-electron chi connectivity index (χ2n) is 6.87. The number of hydrogen-bond acceptors (Lipinski definition) is 5. The van der Waals surface area contributed by atoms with Crippen LogP contribution in [0.25, 0.3) is 11.1 Å². The van der Waals surface area contributed by atoms with E-state index < -0.39 is 11.9 Å². The molecule has 0 aliphatic carbocycles. The molecule has 1 aliphatic heterocycles.